The van der Waals surface area contributed by atoms with Gasteiger partial charge in [0.25, 0.3) is 0 Å². The highest BCUT2D eigenvalue weighted by molar-refractivity contribution is 5.75. The molecule has 0 aliphatic heterocycles. The molecule has 0 bridgehead atoms. The average Bonchev–Trinajstić information content (AvgIpc) is 2.68. The number of imidazole rings is 1. The number of rotatable bonds is 5. The fourth-order valence-corrected chi connectivity index (χ4v) is 2.13. The maximum Gasteiger partial charge on any atom is 0.104 e. The molecule has 98 valence electrons. The smallest absolute Gasteiger partial charge is 0.104 e. The molecule has 0 radical (unpaired) electrons. The van der Waals surface area contributed by atoms with Gasteiger partial charge in [0.15, 0.2) is 0 Å². The summed E-state index contributed by atoms with van der Waals surface area (Å²) in [5.74, 6) is 1.50. The maximum absolute atomic E-state index is 5.75. The Kier molecular flexibility index (Phi) is 3.99. The summed E-state index contributed by atoms with van der Waals surface area (Å²) in [6.45, 7) is 7.86. The predicted molar refractivity (Wildman–Crippen MR) is 75.4 cm³/mol. The first-order valence-electron chi connectivity index (χ1n) is 6.49. The van der Waals surface area contributed by atoms with Crippen LogP contribution in [0, 0.1) is 12.8 Å². The van der Waals surface area contributed by atoms with Crippen molar-refractivity contribution in [2.75, 3.05) is 6.54 Å². The van der Waals surface area contributed by atoms with E-state index < -0.39 is 0 Å². The van der Waals surface area contributed by atoms with Crippen molar-refractivity contribution < 1.29 is 0 Å². The van der Waals surface area contributed by atoms with Gasteiger partial charge in [0.1, 0.15) is 5.82 Å². The number of nitrogens with two attached hydrogens (primary N) is 1. The van der Waals surface area contributed by atoms with Gasteiger partial charge in [-0.2, -0.15) is 0 Å². The van der Waals surface area contributed by atoms with E-state index in [1.54, 1.807) is 0 Å². The van der Waals surface area contributed by atoms with E-state index in [1.165, 1.54) is 5.56 Å². The second kappa shape index (κ2) is 5.50. The third kappa shape index (κ3) is 2.89. The van der Waals surface area contributed by atoms with Crippen LogP contribution in [-0.4, -0.2) is 22.6 Å². The van der Waals surface area contributed by atoms with Crippen LogP contribution in [0.25, 0.3) is 11.0 Å². The molecule has 1 aromatic carbocycles. The van der Waals surface area contributed by atoms with Gasteiger partial charge in [-0.15, -0.1) is 0 Å². The second-order valence-corrected chi connectivity index (χ2v) is 5.14. The van der Waals surface area contributed by atoms with Crippen LogP contribution >= 0.6 is 0 Å². The van der Waals surface area contributed by atoms with Crippen molar-refractivity contribution >= 4 is 11.0 Å². The molecule has 1 unspecified atom stereocenters. The number of fused-ring (bicyclic) bond motifs is 1. The zero-order chi connectivity index (χ0) is 13.1. The van der Waals surface area contributed by atoms with E-state index in [2.05, 4.69) is 47.3 Å². The fraction of sp³-hybridized carbons (Fsp3) is 0.500. The van der Waals surface area contributed by atoms with Crippen molar-refractivity contribution in [3.05, 3.63) is 29.6 Å². The molecule has 1 aromatic heterocycles. The third-order valence-corrected chi connectivity index (χ3v) is 3.29. The van der Waals surface area contributed by atoms with Crippen molar-refractivity contribution in [3.63, 3.8) is 0 Å². The lowest BCUT2D eigenvalue weighted by atomic mass is 10.0. The largest absolute Gasteiger partial charge is 0.342 e. The predicted octanol–water partition coefficient (Wildman–Crippen LogP) is 1.94. The maximum atomic E-state index is 5.75. The highest BCUT2D eigenvalue weighted by Gasteiger charge is 2.10. The number of nitrogens with one attached hydrogen (secondary N) is 2. The molecule has 2 rings (SSSR count). The molecule has 0 saturated carbocycles. The van der Waals surface area contributed by atoms with Crippen molar-refractivity contribution in [1.29, 1.82) is 0 Å². The lowest BCUT2D eigenvalue weighted by Crippen LogP contribution is -2.39. The molecule has 0 aliphatic carbocycles. The van der Waals surface area contributed by atoms with E-state index in [4.69, 9.17) is 5.73 Å². The van der Waals surface area contributed by atoms with Crippen molar-refractivity contribution in [3.8, 4) is 0 Å². The van der Waals surface area contributed by atoms with E-state index in [0.29, 0.717) is 18.5 Å². The Labute approximate surface area is 108 Å². The molecule has 4 heteroatoms. The molecular weight excluding hydrogens is 224 g/mol. The van der Waals surface area contributed by atoms with Crippen molar-refractivity contribution in [2.45, 2.75) is 33.4 Å². The van der Waals surface area contributed by atoms with Gasteiger partial charge in [-0.05, 0) is 30.5 Å². The topological polar surface area (TPSA) is 66.7 Å². The minimum Gasteiger partial charge on any atom is -0.342 e. The molecule has 0 saturated heterocycles. The van der Waals surface area contributed by atoms with Gasteiger partial charge in [-0.3, -0.25) is 0 Å². The van der Waals surface area contributed by atoms with Crippen LogP contribution in [0.5, 0.6) is 0 Å². The van der Waals surface area contributed by atoms with Crippen LogP contribution in [0.15, 0.2) is 18.2 Å². The highest BCUT2D eigenvalue weighted by Crippen LogP contribution is 2.13. The molecule has 4 nitrogen and oxygen atoms in total. The lowest BCUT2D eigenvalue weighted by molar-refractivity contribution is 0.405. The summed E-state index contributed by atoms with van der Waals surface area (Å²) >= 11 is 0. The SMILES string of the molecule is Cc1nc2ccc(CNC(CN)C(C)C)cc2[nH]1. The minimum atomic E-state index is 0.365. The molecule has 0 spiro atoms. The molecule has 1 atom stereocenters. The number of nitrogens with zero attached hydrogens (tertiary/aromatic N) is 1. The average molecular weight is 246 g/mol. The van der Waals surface area contributed by atoms with E-state index in [1.807, 2.05) is 6.92 Å². The van der Waals surface area contributed by atoms with Gasteiger partial charge in [-0.25, -0.2) is 4.98 Å². The van der Waals surface area contributed by atoms with Crippen LogP contribution in [-0.2, 0) is 6.54 Å². The zero-order valence-electron chi connectivity index (χ0n) is 11.3. The second-order valence-electron chi connectivity index (χ2n) is 5.14. The van der Waals surface area contributed by atoms with E-state index in [0.717, 1.165) is 23.4 Å². The van der Waals surface area contributed by atoms with Crippen LogP contribution in [0.3, 0.4) is 0 Å². The van der Waals surface area contributed by atoms with Crippen molar-refractivity contribution in [2.24, 2.45) is 11.7 Å². The lowest BCUT2D eigenvalue weighted by Gasteiger charge is -2.20. The Morgan fingerprint density at radius 2 is 2.17 bits per heavy atom. The first-order valence-corrected chi connectivity index (χ1v) is 6.49. The molecular formula is C14H22N4. The summed E-state index contributed by atoms with van der Waals surface area (Å²) in [7, 11) is 0. The first kappa shape index (κ1) is 13.1. The summed E-state index contributed by atoms with van der Waals surface area (Å²) in [5.41, 5.74) is 9.13. The fourth-order valence-electron chi connectivity index (χ4n) is 2.13. The molecule has 2 aromatic rings. The monoisotopic (exact) mass is 246 g/mol. The van der Waals surface area contributed by atoms with Gasteiger partial charge in [0.2, 0.25) is 0 Å². The van der Waals surface area contributed by atoms with Crippen LogP contribution in [0.1, 0.15) is 25.2 Å². The number of aryl methyl sites for hydroxylation is 1. The standard InChI is InChI=1S/C14H22N4/c1-9(2)14(7-15)16-8-11-4-5-12-13(6-11)18-10(3)17-12/h4-6,9,14,16H,7-8,15H2,1-3H3,(H,17,18). The van der Waals surface area contributed by atoms with E-state index in [-0.39, 0.29) is 0 Å². The van der Waals surface area contributed by atoms with Gasteiger partial charge in [0, 0.05) is 19.1 Å². The van der Waals surface area contributed by atoms with Crippen LogP contribution < -0.4 is 11.1 Å². The number of aromatic nitrogens is 2. The summed E-state index contributed by atoms with van der Waals surface area (Å²) in [4.78, 5) is 7.66. The Balaban J connectivity index is 2.07. The minimum absolute atomic E-state index is 0.365. The Morgan fingerprint density at radius 1 is 1.39 bits per heavy atom. The molecule has 4 N–H and O–H groups in total. The molecule has 0 fully saturated rings. The van der Waals surface area contributed by atoms with E-state index in [9.17, 15) is 0 Å². The van der Waals surface area contributed by atoms with Gasteiger partial charge < -0.3 is 16.0 Å². The Morgan fingerprint density at radius 3 is 2.83 bits per heavy atom. The summed E-state index contributed by atoms with van der Waals surface area (Å²) < 4.78 is 0. The summed E-state index contributed by atoms with van der Waals surface area (Å²) in [6.07, 6.45) is 0. The van der Waals surface area contributed by atoms with Crippen LogP contribution in [0.2, 0.25) is 0 Å². The summed E-state index contributed by atoms with van der Waals surface area (Å²) in [6, 6.07) is 6.69. The zero-order valence-corrected chi connectivity index (χ0v) is 11.3. The molecule has 0 amide bonds. The summed E-state index contributed by atoms with van der Waals surface area (Å²) in [5, 5.41) is 3.50. The Hall–Kier alpha value is -1.39. The van der Waals surface area contributed by atoms with E-state index >= 15 is 0 Å². The third-order valence-electron chi connectivity index (χ3n) is 3.29. The number of hydrogen-bond donors (Lipinski definition) is 3. The number of H-pyrrole nitrogens is 1. The van der Waals surface area contributed by atoms with Crippen molar-refractivity contribution in [1.82, 2.24) is 15.3 Å². The highest BCUT2D eigenvalue weighted by atomic mass is 14.9. The number of benzene rings is 1. The quantitative estimate of drug-likeness (QED) is 0.755. The Bertz CT molecular complexity index is 515. The molecule has 0 aliphatic rings. The van der Waals surface area contributed by atoms with Gasteiger partial charge in [-0.1, -0.05) is 19.9 Å². The molecule has 18 heavy (non-hydrogen) atoms. The molecule has 1 heterocycles. The van der Waals surface area contributed by atoms with Crippen LogP contribution in [0.4, 0.5) is 0 Å². The number of hydrogen-bond acceptors (Lipinski definition) is 3. The normalized spacial score (nSPS) is 13.4. The number of aromatic amines is 1. The van der Waals surface area contributed by atoms with Gasteiger partial charge >= 0.3 is 0 Å². The van der Waals surface area contributed by atoms with Gasteiger partial charge in [0.05, 0.1) is 11.0 Å². The first-order chi connectivity index (χ1) is 8.60.